The Morgan fingerprint density at radius 2 is 1.40 bits per heavy atom. The zero-order chi connectivity index (χ0) is 31.6. The number of ether oxygens (including phenoxy) is 1. The SMILES string of the molecule is CCOC(=O)CN(C)c1cc(-c2ccccc2C)c(N(C)C(=O)C(C)(C)c2cc(C(F)(F)F)cc(C(F)(F)F)c2)cn1. The summed E-state index contributed by atoms with van der Waals surface area (Å²) in [5.74, 6) is -0.867. The molecule has 3 aromatic rings. The van der Waals surface area contributed by atoms with Gasteiger partial charge in [-0.25, -0.2) is 4.98 Å². The molecule has 2 aromatic carbocycles. The van der Waals surface area contributed by atoms with E-state index in [1.807, 2.05) is 19.1 Å². The summed E-state index contributed by atoms with van der Waals surface area (Å²) in [5.41, 5.74) is -2.96. The van der Waals surface area contributed by atoms with Crippen LogP contribution in [-0.2, 0) is 32.1 Å². The van der Waals surface area contributed by atoms with Gasteiger partial charge < -0.3 is 14.5 Å². The fraction of sp³-hybridized carbons (Fsp3) is 0.367. The topological polar surface area (TPSA) is 62.7 Å². The van der Waals surface area contributed by atoms with Gasteiger partial charge in [0, 0.05) is 19.7 Å². The highest BCUT2D eigenvalue weighted by molar-refractivity contribution is 6.03. The molecule has 0 atom stereocenters. The van der Waals surface area contributed by atoms with Gasteiger partial charge in [0.25, 0.3) is 0 Å². The molecule has 0 aliphatic heterocycles. The fourth-order valence-electron chi connectivity index (χ4n) is 4.45. The molecule has 12 heteroatoms. The van der Waals surface area contributed by atoms with Gasteiger partial charge in [0.15, 0.2) is 0 Å². The smallest absolute Gasteiger partial charge is 0.416 e. The first-order valence-corrected chi connectivity index (χ1v) is 12.9. The van der Waals surface area contributed by atoms with Gasteiger partial charge in [-0.2, -0.15) is 26.3 Å². The van der Waals surface area contributed by atoms with Gasteiger partial charge in [-0.15, -0.1) is 0 Å². The number of aryl methyl sites for hydroxylation is 1. The normalized spacial score (nSPS) is 12.2. The molecule has 226 valence electrons. The number of benzene rings is 2. The first-order valence-electron chi connectivity index (χ1n) is 12.9. The van der Waals surface area contributed by atoms with Gasteiger partial charge in [-0.05, 0) is 68.7 Å². The van der Waals surface area contributed by atoms with Crippen molar-refractivity contribution in [2.24, 2.45) is 0 Å². The van der Waals surface area contributed by atoms with Crippen LogP contribution in [0.15, 0.2) is 54.7 Å². The number of anilines is 2. The number of alkyl halides is 6. The third-order valence-electron chi connectivity index (χ3n) is 6.88. The van der Waals surface area contributed by atoms with Gasteiger partial charge in [0.1, 0.15) is 12.4 Å². The monoisotopic (exact) mass is 595 g/mol. The molecule has 0 N–H and O–H groups in total. The number of rotatable bonds is 8. The summed E-state index contributed by atoms with van der Waals surface area (Å²) in [6.45, 7) is 6.15. The number of amides is 1. The lowest BCUT2D eigenvalue weighted by molar-refractivity contribution is -0.144. The van der Waals surface area contributed by atoms with Crippen LogP contribution >= 0.6 is 0 Å². The second-order valence-corrected chi connectivity index (χ2v) is 10.3. The van der Waals surface area contributed by atoms with E-state index < -0.39 is 46.3 Å². The quantitative estimate of drug-likeness (QED) is 0.207. The van der Waals surface area contributed by atoms with Crippen molar-refractivity contribution in [2.45, 2.75) is 45.5 Å². The Morgan fingerprint density at radius 3 is 1.93 bits per heavy atom. The minimum atomic E-state index is -5.06. The maximum absolute atomic E-state index is 13.9. The van der Waals surface area contributed by atoms with E-state index >= 15 is 0 Å². The molecule has 6 nitrogen and oxygen atoms in total. The van der Waals surface area contributed by atoms with Gasteiger partial charge in [0.05, 0.1) is 35.0 Å². The van der Waals surface area contributed by atoms with Crippen LogP contribution in [-0.4, -0.2) is 44.1 Å². The van der Waals surface area contributed by atoms with Gasteiger partial charge in [-0.1, -0.05) is 24.3 Å². The highest BCUT2D eigenvalue weighted by Crippen LogP contribution is 2.41. The number of likely N-dealkylation sites (N-methyl/N-ethyl adjacent to an activating group) is 2. The third-order valence-corrected chi connectivity index (χ3v) is 6.88. The minimum Gasteiger partial charge on any atom is -0.465 e. The summed E-state index contributed by atoms with van der Waals surface area (Å²) in [6.07, 6.45) is -8.75. The minimum absolute atomic E-state index is 0.0273. The largest absolute Gasteiger partial charge is 0.465 e. The van der Waals surface area contributed by atoms with Crippen LogP contribution in [0.5, 0.6) is 0 Å². The lowest BCUT2D eigenvalue weighted by Crippen LogP contribution is -2.42. The molecule has 1 amide bonds. The Bertz CT molecular complexity index is 1440. The number of pyridine rings is 1. The predicted octanol–water partition coefficient (Wildman–Crippen LogP) is 7.03. The standard InChI is InChI=1S/C30H31F6N3O3/c1-7-42-26(40)17-38(5)25-15-23(22-11-9-8-10-18(22)2)24(16-37-25)39(6)27(41)28(3,4)19-12-20(29(31,32)33)14-21(13-19)30(34,35)36/h8-16H,7,17H2,1-6H3. The molecular weight excluding hydrogens is 564 g/mol. The maximum Gasteiger partial charge on any atom is 0.416 e. The second-order valence-electron chi connectivity index (χ2n) is 10.3. The Kier molecular flexibility index (Phi) is 9.28. The summed E-state index contributed by atoms with van der Waals surface area (Å²) in [5, 5.41) is 0. The zero-order valence-electron chi connectivity index (χ0n) is 23.9. The van der Waals surface area contributed by atoms with Crippen LogP contribution in [0.3, 0.4) is 0 Å². The summed E-state index contributed by atoms with van der Waals surface area (Å²) in [7, 11) is 3.01. The lowest BCUT2D eigenvalue weighted by atomic mass is 9.81. The number of esters is 1. The van der Waals surface area contributed by atoms with Crippen molar-refractivity contribution in [1.82, 2.24) is 4.98 Å². The van der Waals surface area contributed by atoms with Crippen LogP contribution < -0.4 is 9.80 Å². The number of carbonyl (C=O) groups is 2. The molecule has 0 spiro atoms. The number of carbonyl (C=O) groups excluding carboxylic acids is 2. The van der Waals surface area contributed by atoms with Gasteiger partial charge in [-0.3, -0.25) is 9.59 Å². The highest BCUT2D eigenvalue weighted by atomic mass is 19.4. The Hall–Kier alpha value is -4.09. The average molecular weight is 596 g/mol. The van der Waals surface area contributed by atoms with E-state index in [1.165, 1.54) is 27.1 Å². The zero-order valence-corrected chi connectivity index (χ0v) is 23.9. The van der Waals surface area contributed by atoms with Crippen LogP contribution in [0.4, 0.5) is 37.8 Å². The van der Waals surface area contributed by atoms with Crippen LogP contribution in [0.1, 0.15) is 43.0 Å². The molecule has 0 radical (unpaired) electrons. The van der Waals surface area contributed by atoms with Crippen molar-refractivity contribution in [3.8, 4) is 11.1 Å². The lowest BCUT2D eigenvalue weighted by Gasteiger charge is -2.32. The Balaban J connectivity index is 2.13. The summed E-state index contributed by atoms with van der Waals surface area (Å²) in [4.78, 5) is 33.0. The number of nitrogens with zero attached hydrogens (tertiary/aromatic N) is 3. The number of aromatic nitrogens is 1. The maximum atomic E-state index is 13.9. The summed E-state index contributed by atoms with van der Waals surface area (Å²) >= 11 is 0. The van der Waals surface area contributed by atoms with Crippen LogP contribution in [0, 0.1) is 6.92 Å². The van der Waals surface area contributed by atoms with E-state index in [9.17, 15) is 35.9 Å². The number of hydrogen-bond donors (Lipinski definition) is 0. The van der Waals surface area contributed by atoms with Crippen molar-refractivity contribution in [1.29, 1.82) is 0 Å². The van der Waals surface area contributed by atoms with Crippen molar-refractivity contribution < 1.29 is 40.7 Å². The van der Waals surface area contributed by atoms with Crippen molar-refractivity contribution in [3.05, 3.63) is 77.0 Å². The molecule has 3 rings (SSSR count). The number of hydrogen-bond acceptors (Lipinski definition) is 5. The molecule has 1 aromatic heterocycles. The molecule has 0 unspecified atom stereocenters. The second kappa shape index (κ2) is 12.0. The van der Waals surface area contributed by atoms with Crippen molar-refractivity contribution >= 4 is 23.4 Å². The first kappa shape index (κ1) is 32.4. The van der Waals surface area contributed by atoms with E-state index in [-0.39, 0.29) is 24.9 Å². The first-order chi connectivity index (χ1) is 19.4. The summed E-state index contributed by atoms with van der Waals surface area (Å²) < 4.78 is 86.3. The molecule has 0 aliphatic rings. The van der Waals surface area contributed by atoms with E-state index in [0.717, 1.165) is 10.5 Å². The fourth-order valence-corrected chi connectivity index (χ4v) is 4.45. The van der Waals surface area contributed by atoms with Gasteiger partial charge in [0.2, 0.25) is 5.91 Å². The molecule has 0 aliphatic carbocycles. The Morgan fingerprint density at radius 1 is 0.857 bits per heavy atom. The number of halogens is 6. The van der Waals surface area contributed by atoms with Crippen LogP contribution in [0.2, 0.25) is 0 Å². The Labute approximate surface area is 239 Å². The van der Waals surface area contributed by atoms with E-state index in [2.05, 4.69) is 4.98 Å². The van der Waals surface area contributed by atoms with E-state index in [4.69, 9.17) is 4.74 Å². The average Bonchev–Trinajstić information content (AvgIpc) is 2.91. The highest BCUT2D eigenvalue weighted by Gasteiger charge is 2.41. The van der Waals surface area contributed by atoms with Crippen LogP contribution in [0.25, 0.3) is 11.1 Å². The molecule has 1 heterocycles. The molecule has 42 heavy (non-hydrogen) atoms. The summed E-state index contributed by atoms with van der Waals surface area (Å²) in [6, 6.07) is 10.0. The molecule has 0 saturated heterocycles. The molecular formula is C30H31F6N3O3. The predicted molar refractivity (Wildman–Crippen MR) is 147 cm³/mol. The molecule has 0 saturated carbocycles. The van der Waals surface area contributed by atoms with E-state index in [0.29, 0.717) is 29.1 Å². The van der Waals surface area contributed by atoms with E-state index in [1.54, 1.807) is 37.1 Å². The third kappa shape index (κ3) is 7.03. The van der Waals surface area contributed by atoms with Gasteiger partial charge >= 0.3 is 18.3 Å². The molecule has 0 fully saturated rings. The van der Waals surface area contributed by atoms with Crippen molar-refractivity contribution in [2.75, 3.05) is 37.0 Å². The van der Waals surface area contributed by atoms with Crippen molar-refractivity contribution in [3.63, 3.8) is 0 Å². The molecule has 0 bridgehead atoms.